The zero-order valence-electron chi connectivity index (χ0n) is 9.47. The molecule has 3 rings (SSSR count). The molecule has 17 heavy (non-hydrogen) atoms. The van der Waals surface area contributed by atoms with Gasteiger partial charge in [-0.1, -0.05) is 12.8 Å². The predicted molar refractivity (Wildman–Crippen MR) is 63.4 cm³/mol. The van der Waals surface area contributed by atoms with Gasteiger partial charge >= 0.3 is 5.97 Å². The van der Waals surface area contributed by atoms with Crippen molar-refractivity contribution in [3.05, 3.63) is 35.8 Å². The van der Waals surface area contributed by atoms with Crippen LogP contribution < -0.4 is 0 Å². The molecule has 0 aromatic carbocycles. The van der Waals surface area contributed by atoms with Gasteiger partial charge in [-0.2, -0.15) is 0 Å². The zero-order valence-corrected chi connectivity index (χ0v) is 9.47. The Morgan fingerprint density at radius 3 is 2.88 bits per heavy atom. The third kappa shape index (κ3) is 1.79. The van der Waals surface area contributed by atoms with Crippen LogP contribution >= 0.6 is 0 Å². The van der Waals surface area contributed by atoms with Crippen molar-refractivity contribution < 1.29 is 9.90 Å². The van der Waals surface area contributed by atoms with E-state index in [4.69, 9.17) is 5.11 Å². The molecule has 0 bridgehead atoms. The number of carbonyl (C=O) groups is 1. The summed E-state index contributed by atoms with van der Waals surface area (Å²) >= 11 is 0. The molecule has 1 aliphatic carbocycles. The van der Waals surface area contributed by atoms with Gasteiger partial charge in [-0.15, -0.1) is 0 Å². The molecular formula is C13H14N2O2. The minimum absolute atomic E-state index is 0.293. The van der Waals surface area contributed by atoms with E-state index < -0.39 is 5.97 Å². The molecule has 1 N–H and O–H groups in total. The smallest absolute Gasteiger partial charge is 0.335 e. The van der Waals surface area contributed by atoms with E-state index >= 15 is 0 Å². The lowest BCUT2D eigenvalue weighted by Gasteiger charge is -2.02. The van der Waals surface area contributed by atoms with Gasteiger partial charge in [-0.25, -0.2) is 9.78 Å². The number of rotatable bonds is 2. The molecule has 0 aliphatic heterocycles. The average Bonchev–Trinajstić information content (AvgIpc) is 2.96. The number of hydrogen-bond donors (Lipinski definition) is 1. The Kier molecular flexibility index (Phi) is 2.35. The van der Waals surface area contributed by atoms with Crippen LogP contribution in [-0.2, 0) is 0 Å². The molecule has 4 nitrogen and oxygen atoms in total. The standard InChI is InChI=1S/C13H14N2O2/c16-13(17)10-5-6-15-8-11(14-12(15)7-10)9-3-1-2-4-9/h5-9H,1-4H2,(H,16,17). The van der Waals surface area contributed by atoms with Crippen LogP contribution in [0.4, 0.5) is 0 Å². The fourth-order valence-corrected chi connectivity index (χ4v) is 2.55. The Morgan fingerprint density at radius 2 is 2.18 bits per heavy atom. The van der Waals surface area contributed by atoms with Crippen LogP contribution in [0.1, 0.15) is 47.7 Å². The van der Waals surface area contributed by atoms with Gasteiger partial charge in [0.25, 0.3) is 0 Å². The first-order valence-corrected chi connectivity index (χ1v) is 5.96. The van der Waals surface area contributed by atoms with E-state index in [1.807, 2.05) is 10.6 Å². The Bertz CT molecular complexity index is 568. The lowest BCUT2D eigenvalue weighted by molar-refractivity contribution is 0.0697. The minimum atomic E-state index is -0.905. The number of carboxylic acid groups (broad SMARTS) is 1. The number of carboxylic acids is 1. The molecule has 1 saturated carbocycles. The molecule has 4 heteroatoms. The fourth-order valence-electron chi connectivity index (χ4n) is 2.55. The molecule has 0 radical (unpaired) electrons. The van der Waals surface area contributed by atoms with Crippen molar-refractivity contribution in [2.24, 2.45) is 0 Å². The van der Waals surface area contributed by atoms with Crippen LogP contribution in [0.25, 0.3) is 5.65 Å². The van der Waals surface area contributed by atoms with Gasteiger partial charge in [0.1, 0.15) is 5.65 Å². The van der Waals surface area contributed by atoms with Crippen LogP contribution in [0.15, 0.2) is 24.5 Å². The first kappa shape index (κ1) is 10.3. The third-order valence-corrected chi connectivity index (χ3v) is 3.50. The molecule has 2 aromatic rings. The maximum absolute atomic E-state index is 10.9. The second kappa shape index (κ2) is 3.87. The third-order valence-electron chi connectivity index (χ3n) is 3.50. The van der Waals surface area contributed by atoms with E-state index in [1.165, 1.54) is 25.7 Å². The second-order valence-electron chi connectivity index (χ2n) is 4.63. The Balaban J connectivity index is 2.03. The molecule has 0 spiro atoms. The molecule has 0 atom stereocenters. The summed E-state index contributed by atoms with van der Waals surface area (Å²) < 4.78 is 1.90. The summed E-state index contributed by atoms with van der Waals surface area (Å²) in [4.78, 5) is 15.4. The van der Waals surface area contributed by atoms with Crippen LogP contribution in [0, 0.1) is 0 Å². The van der Waals surface area contributed by atoms with Crippen molar-refractivity contribution in [1.82, 2.24) is 9.38 Å². The summed E-state index contributed by atoms with van der Waals surface area (Å²) in [6.07, 6.45) is 8.75. The van der Waals surface area contributed by atoms with Gasteiger partial charge in [0.15, 0.2) is 0 Å². The largest absolute Gasteiger partial charge is 0.478 e. The van der Waals surface area contributed by atoms with Crippen LogP contribution in [0.5, 0.6) is 0 Å². The SMILES string of the molecule is O=C(O)c1ccn2cc(C3CCCC3)nc2c1. The van der Waals surface area contributed by atoms with Crippen LogP contribution in [0.3, 0.4) is 0 Å². The first-order valence-electron chi connectivity index (χ1n) is 5.96. The number of imidazole rings is 1. The fraction of sp³-hybridized carbons (Fsp3) is 0.385. The summed E-state index contributed by atoms with van der Waals surface area (Å²) in [5, 5.41) is 8.93. The highest BCUT2D eigenvalue weighted by Crippen LogP contribution is 2.33. The molecule has 1 aliphatic rings. The highest BCUT2D eigenvalue weighted by atomic mass is 16.4. The maximum atomic E-state index is 10.9. The van der Waals surface area contributed by atoms with Crippen LogP contribution in [0.2, 0.25) is 0 Å². The molecule has 2 heterocycles. The number of hydrogen-bond acceptors (Lipinski definition) is 2. The van der Waals surface area contributed by atoms with Gasteiger partial charge < -0.3 is 9.51 Å². The average molecular weight is 230 g/mol. The molecule has 1 fully saturated rings. The number of fused-ring (bicyclic) bond motifs is 1. The molecular weight excluding hydrogens is 216 g/mol. The number of aromatic carboxylic acids is 1. The van der Waals surface area contributed by atoms with Crippen LogP contribution in [-0.4, -0.2) is 20.5 Å². The van der Waals surface area contributed by atoms with E-state index in [0.29, 0.717) is 11.5 Å². The summed E-state index contributed by atoms with van der Waals surface area (Å²) in [5.41, 5.74) is 2.12. The van der Waals surface area contributed by atoms with Crippen molar-refractivity contribution in [3.8, 4) is 0 Å². The minimum Gasteiger partial charge on any atom is -0.478 e. The van der Waals surface area contributed by atoms with Gasteiger partial charge in [0.2, 0.25) is 0 Å². The second-order valence-corrected chi connectivity index (χ2v) is 4.63. The van der Waals surface area contributed by atoms with Gasteiger partial charge in [-0.05, 0) is 25.0 Å². The van der Waals surface area contributed by atoms with Crippen molar-refractivity contribution in [1.29, 1.82) is 0 Å². The molecule has 88 valence electrons. The first-order chi connectivity index (χ1) is 8.24. The van der Waals surface area contributed by atoms with Crippen molar-refractivity contribution >= 4 is 11.6 Å². The summed E-state index contributed by atoms with van der Waals surface area (Å²) in [6.45, 7) is 0. The van der Waals surface area contributed by atoms with Crippen molar-refractivity contribution in [3.63, 3.8) is 0 Å². The highest BCUT2D eigenvalue weighted by Gasteiger charge is 2.19. The van der Waals surface area contributed by atoms with E-state index in [2.05, 4.69) is 4.98 Å². The quantitative estimate of drug-likeness (QED) is 0.862. The Labute approximate surface area is 98.9 Å². The van der Waals surface area contributed by atoms with E-state index in [1.54, 1.807) is 18.3 Å². The normalized spacial score (nSPS) is 16.7. The Hall–Kier alpha value is -1.84. The topological polar surface area (TPSA) is 54.6 Å². The predicted octanol–water partition coefficient (Wildman–Crippen LogP) is 2.69. The monoisotopic (exact) mass is 230 g/mol. The van der Waals surface area contributed by atoms with E-state index in [9.17, 15) is 4.79 Å². The molecule has 0 amide bonds. The Morgan fingerprint density at radius 1 is 1.41 bits per heavy atom. The van der Waals surface area contributed by atoms with E-state index in [0.717, 1.165) is 11.3 Å². The van der Waals surface area contributed by atoms with Crippen molar-refractivity contribution in [2.75, 3.05) is 0 Å². The zero-order chi connectivity index (χ0) is 11.8. The summed E-state index contributed by atoms with van der Waals surface area (Å²) in [6, 6.07) is 3.23. The highest BCUT2D eigenvalue weighted by molar-refractivity contribution is 5.88. The number of pyridine rings is 1. The lowest BCUT2D eigenvalue weighted by Crippen LogP contribution is -1.97. The van der Waals surface area contributed by atoms with Gasteiger partial charge in [0, 0.05) is 18.3 Å². The van der Waals surface area contributed by atoms with Crippen molar-refractivity contribution in [2.45, 2.75) is 31.6 Å². The molecule has 0 unspecified atom stereocenters. The summed E-state index contributed by atoms with van der Waals surface area (Å²) in [7, 11) is 0. The van der Waals surface area contributed by atoms with Gasteiger partial charge in [0.05, 0.1) is 11.3 Å². The molecule has 2 aromatic heterocycles. The lowest BCUT2D eigenvalue weighted by atomic mass is 10.1. The van der Waals surface area contributed by atoms with Gasteiger partial charge in [-0.3, -0.25) is 0 Å². The number of nitrogens with zero attached hydrogens (tertiary/aromatic N) is 2. The number of aromatic nitrogens is 2. The maximum Gasteiger partial charge on any atom is 0.335 e. The molecule has 0 saturated heterocycles. The van der Waals surface area contributed by atoms with E-state index in [-0.39, 0.29) is 0 Å². The summed E-state index contributed by atoms with van der Waals surface area (Å²) in [5.74, 6) is -0.346.